The van der Waals surface area contributed by atoms with Crippen molar-refractivity contribution in [2.24, 2.45) is 0 Å². The van der Waals surface area contributed by atoms with E-state index in [2.05, 4.69) is 10.0 Å². The van der Waals surface area contributed by atoms with E-state index in [0.717, 1.165) is 5.56 Å². The lowest BCUT2D eigenvalue weighted by atomic mass is 10.1. The Morgan fingerprint density at radius 3 is 2.19 bits per heavy atom. The summed E-state index contributed by atoms with van der Waals surface area (Å²) in [7, 11) is -3.81. The molecule has 2 N–H and O–H groups in total. The van der Waals surface area contributed by atoms with Gasteiger partial charge < -0.3 is 5.32 Å². The molecule has 0 fully saturated rings. The van der Waals surface area contributed by atoms with Crippen LogP contribution in [-0.2, 0) is 10.0 Å². The summed E-state index contributed by atoms with van der Waals surface area (Å²) in [6, 6.07) is 19.5. The van der Waals surface area contributed by atoms with E-state index in [9.17, 15) is 13.2 Å². The molecule has 0 saturated carbocycles. The van der Waals surface area contributed by atoms with Gasteiger partial charge in [0.1, 0.15) is 0 Å². The molecule has 7 heteroatoms. The van der Waals surface area contributed by atoms with Gasteiger partial charge in [0.05, 0.1) is 16.1 Å². The van der Waals surface area contributed by atoms with Gasteiger partial charge in [0.15, 0.2) is 0 Å². The van der Waals surface area contributed by atoms with Crippen LogP contribution in [0.3, 0.4) is 0 Å². The Morgan fingerprint density at radius 2 is 1.52 bits per heavy atom. The molecule has 27 heavy (non-hydrogen) atoms. The molecule has 138 valence electrons. The van der Waals surface area contributed by atoms with Crippen LogP contribution in [0.15, 0.2) is 77.7 Å². The van der Waals surface area contributed by atoms with Gasteiger partial charge in [0, 0.05) is 10.7 Å². The average Bonchev–Trinajstić information content (AvgIpc) is 2.64. The SMILES string of the molecule is Cc1ccc(S(=O)(=O)Nc2ccccc2C(=O)Nc2ccc(Cl)cc2)cc1. The number of carbonyl (C=O) groups is 1. The molecule has 3 aromatic carbocycles. The lowest BCUT2D eigenvalue weighted by Gasteiger charge is -2.13. The van der Waals surface area contributed by atoms with E-state index in [4.69, 9.17) is 11.6 Å². The van der Waals surface area contributed by atoms with Crippen LogP contribution in [-0.4, -0.2) is 14.3 Å². The predicted octanol–water partition coefficient (Wildman–Crippen LogP) is 4.70. The third kappa shape index (κ3) is 4.67. The van der Waals surface area contributed by atoms with Gasteiger partial charge in [-0.25, -0.2) is 8.42 Å². The van der Waals surface area contributed by atoms with E-state index in [1.54, 1.807) is 60.7 Å². The van der Waals surface area contributed by atoms with Crippen LogP contribution in [0.25, 0.3) is 0 Å². The topological polar surface area (TPSA) is 75.3 Å². The second-order valence-electron chi connectivity index (χ2n) is 5.93. The maximum absolute atomic E-state index is 12.6. The van der Waals surface area contributed by atoms with E-state index in [-0.39, 0.29) is 16.1 Å². The highest BCUT2D eigenvalue weighted by molar-refractivity contribution is 7.92. The Kier molecular flexibility index (Phi) is 5.48. The molecule has 0 unspecified atom stereocenters. The summed E-state index contributed by atoms with van der Waals surface area (Å²) in [6.45, 7) is 1.88. The van der Waals surface area contributed by atoms with Crippen LogP contribution >= 0.6 is 11.6 Å². The van der Waals surface area contributed by atoms with Gasteiger partial charge in [-0.2, -0.15) is 0 Å². The number of aryl methyl sites for hydroxylation is 1. The molecule has 0 aromatic heterocycles. The first-order chi connectivity index (χ1) is 12.8. The Labute approximate surface area is 163 Å². The fourth-order valence-electron chi connectivity index (χ4n) is 2.42. The zero-order chi connectivity index (χ0) is 19.4. The summed E-state index contributed by atoms with van der Waals surface area (Å²) in [5.74, 6) is -0.431. The molecule has 0 atom stereocenters. The quantitative estimate of drug-likeness (QED) is 0.651. The number of carbonyl (C=O) groups excluding carboxylic acids is 1. The number of anilines is 2. The Bertz CT molecular complexity index is 1060. The number of nitrogens with one attached hydrogen (secondary N) is 2. The Morgan fingerprint density at radius 1 is 0.889 bits per heavy atom. The minimum Gasteiger partial charge on any atom is -0.322 e. The van der Waals surface area contributed by atoms with Gasteiger partial charge >= 0.3 is 0 Å². The van der Waals surface area contributed by atoms with Crippen molar-refractivity contribution >= 4 is 38.9 Å². The van der Waals surface area contributed by atoms with Crippen molar-refractivity contribution in [1.29, 1.82) is 0 Å². The highest BCUT2D eigenvalue weighted by Crippen LogP contribution is 2.22. The Hall–Kier alpha value is -2.83. The van der Waals surface area contributed by atoms with Crippen molar-refractivity contribution in [1.82, 2.24) is 0 Å². The highest BCUT2D eigenvalue weighted by Gasteiger charge is 2.18. The first-order valence-corrected chi connectivity index (χ1v) is 9.97. The zero-order valence-electron chi connectivity index (χ0n) is 14.4. The number of sulfonamides is 1. The van der Waals surface area contributed by atoms with Crippen molar-refractivity contribution in [3.8, 4) is 0 Å². The molecule has 0 aliphatic heterocycles. The summed E-state index contributed by atoms with van der Waals surface area (Å²) < 4.78 is 27.7. The van der Waals surface area contributed by atoms with Gasteiger partial charge in [0.2, 0.25) is 0 Å². The molecule has 0 aliphatic carbocycles. The number of rotatable bonds is 5. The minimum absolute atomic E-state index is 0.126. The summed E-state index contributed by atoms with van der Waals surface area (Å²) in [5, 5.41) is 3.28. The molecule has 0 bridgehead atoms. The third-order valence-corrected chi connectivity index (χ3v) is 5.48. The van der Waals surface area contributed by atoms with Crippen LogP contribution in [0.2, 0.25) is 5.02 Å². The molecular weight excluding hydrogens is 384 g/mol. The molecule has 0 spiro atoms. The summed E-state index contributed by atoms with van der Waals surface area (Å²) in [4.78, 5) is 12.7. The van der Waals surface area contributed by atoms with Crippen molar-refractivity contribution in [3.05, 3.63) is 88.9 Å². The van der Waals surface area contributed by atoms with E-state index in [1.165, 1.54) is 12.1 Å². The average molecular weight is 401 g/mol. The van der Waals surface area contributed by atoms with Crippen LogP contribution in [0, 0.1) is 6.92 Å². The number of amides is 1. The number of para-hydroxylation sites is 1. The van der Waals surface area contributed by atoms with E-state index in [1.807, 2.05) is 6.92 Å². The minimum atomic E-state index is -3.81. The molecular formula is C20H17ClN2O3S. The zero-order valence-corrected chi connectivity index (χ0v) is 16.0. The molecule has 0 aliphatic rings. The van der Waals surface area contributed by atoms with Crippen molar-refractivity contribution in [2.45, 2.75) is 11.8 Å². The second-order valence-corrected chi connectivity index (χ2v) is 8.04. The third-order valence-electron chi connectivity index (χ3n) is 3.85. The lowest BCUT2D eigenvalue weighted by molar-refractivity contribution is 0.102. The number of hydrogen-bond donors (Lipinski definition) is 2. The standard InChI is InChI=1S/C20H17ClN2O3S/c1-14-6-12-17(13-7-14)27(25,26)23-19-5-3-2-4-18(19)20(24)22-16-10-8-15(21)9-11-16/h2-13,23H,1H3,(H,22,24). The van der Waals surface area contributed by atoms with Crippen LogP contribution < -0.4 is 10.0 Å². The van der Waals surface area contributed by atoms with Gasteiger partial charge in [-0.05, 0) is 55.5 Å². The van der Waals surface area contributed by atoms with E-state index >= 15 is 0 Å². The molecule has 0 radical (unpaired) electrons. The molecule has 0 heterocycles. The van der Waals surface area contributed by atoms with Gasteiger partial charge in [-0.15, -0.1) is 0 Å². The number of halogens is 1. The summed E-state index contributed by atoms with van der Waals surface area (Å²) in [6.07, 6.45) is 0. The monoisotopic (exact) mass is 400 g/mol. The van der Waals surface area contributed by atoms with Gasteiger partial charge in [-0.1, -0.05) is 41.4 Å². The van der Waals surface area contributed by atoms with Gasteiger partial charge in [-0.3, -0.25) is 9.52 Å². The number of hydrogen-bond acceptors (Lipinski definition) is 3. The molecule has 0 saturated heterocycles. The second kappa shape index (κ2) is 7.82. The summed E-state index contributed by atoms with van der Waals surface area (Å²) >= 11 is 5.84. The van der Waals surface area contributed by atoms with E-state index in [0.29, 0.717) is 10.7 Å². The van der Waals surface area contributed by atoms with Crippen molar-refractivity contribution in [3.63, 3.8) is 0 Å². The largest absolute Gasteiger partial charge is 0.322 e. The van der Waals surface area contributed by atoms with Crippen LogP contribution in [0.5, 0.6) is 0 Å². The lowest BCUT2D eigenvalue weighted by Crippen LogP contribution is -2.18. The van der Waals surface area contributed by atoms with Gasteiger partial charge in [0.25, 0.3) is 15.9 Å². The smallest absolute Gasteiger partial charge is 0.261 e. The highest BCUT2D eigenvalue weighted by atomic mass is 35.5. The molecule has 1 amide bonds. The maximum Gasteiger partial charge on any atom is 0.261 e. The van der Waals surface area contributed by atoms with Crippen LogP contribution in [0.1, 0.15) is 15.9 Å². The van der Waals surface area contributed by atoms with Crippen LogP contribution in [0.4, 0.5) is 11.4 Å². The number of benzene rings is 3. The molecule has 3 rings (SSSR count). The Balaban J connectivity index is 1.86. The predicted molar refractivity (Wildman–Crippen MR) is 108 cm³/mol. The fourth-order valence-corrected chi connectivity index (χ4v) is 3.63. The van der Waals surface area contributed by atoms with Crippen molar-refractivity contribution < 1.29 is 13.2 Å². The first kappa shape index (κ1) is 18.9. The van der Waals surface area contributed by atoms with E-state index < -0.39 is 15.9 Å². The first-order valence-electron chi connectivity index (χ1n) is 8.10. The summed E-state index contributed by atoms with van der Waals surface area (Å²) in [5.41, 5.74) is 1.92. The van der Waals surface area contributed by atoms with Crippen molar-refractivity contribution in [2.75, 3.05) is 10.0 Å². The molecule has 3 aromatic rings. The molecule has 5 nitrogen and oxygen atoms in total. The fraction of sp³-hybridized carbons (Fsp3) is 0.0500. The normalized spacial score (nSPS) is 11.0. The maximum atomic E-state index is 12.6.